The zero-order valence-corrected chi connectivity index (χ0v) is 9.56. The first kappa shape index (κ1) is 11.0. The molecule has 86 valence electrons. The monoisotopic (exact) mass is 220 g/mol. The van der Waals surface area contributed by atoms with E-state index in [-0.39, 0.29) is 5.92 Å². The van der Waals surface area contributed by atoms with Crippen molar-refractivity contribution in [1.29, 1.82) is 0 Å². The zero-order chi connectivity index (χ0) is 11.8. The Hall–Kier alpha value is -1.51. The van der Waals surface area contributed by atoms with Crippen LogP contribution >= 0.6 is 0 Å². The van der Waals surface area contributed by atoms with E-state index in [2.05, 4.69) is 0 Å². The van der Waals surface area contributed by atoms with Crippen molar-refractivity contribution >= 4 is 5.97 Å². The molecule has 1 aromatic rings. The Morgan fingerprint density at radius 1 is 1.44 bits per heavy atom. The largest absolute Gasteiger partial charge is 0.493 e. The van der Waals surface area contributed by atoms with Crippen molar-refractivity contribution in [3.05, 3.63) is 29.8 Å². The topological polar surface area (TPSA) is 46.5 Å². The molecule has 1 aromatic carbocycles. The zero-order valence-electron chi connectivity index (χ0n) is 9.56. The van der Waals surface area contributed by atoms with Gasteiger partial charge >= 0.3 is 5.97 Å². The molecule has 1 aliphatic rings. The fraction of sp³-hybridized carbons (Fsp3) is 0.462. The summed E-state index contributed by atoms with van der Waals surface area (Å²) in [5.41, 5.74) is 0.362. The molecular formula is C13H16O3. The summed E-state index contributed by atoms with van der Waals surface area (Å²) >= 11 is 0. The van der Waals surface area contributed by atoms with E-state index in [1.165, 1.54) is 0 Å². The fourth-order valence-corrected chi connectivity index (χ4v) is 1.97. The van der Waals surface area contributed by atoms with Crippen LogP contribution < -0.4 is 4.74 Å². The Bertz CT molecular complexity index is 409. The summed E-state index contributed by atoms with van der Waals surface area (Å²) in [6.45, 7) is 4.00. The molecule has 0 saturated heterocycles. The van der Waals surface area contributed by atoms with Gasteiger partial charge in [-0.05, 0) is 31.9 Å². The van der Waals surface area contributed by atoms with Crippen molar-refractivity contribution in [2.75, 3.05) is 6.61 Å². The van der Waals surface area contributed by atoms with Crippen LogP contribution in [0.15, 0.2) is 24.3 Å². The summed E-state index contributed by atoms with van der Waals surface area (Å²) in [4.78, 5) is 11.2. The third kappa shape index (κ3) is 1.77. The lowest BCUT2D eigenvalue weighted by atomic mass is 9.75. The average Bonchev–Trinajstić information content (AvgIpc) is 2.28. The van der Waals surface area contributed by atoms with Crippen molar-refractivity contribution < 1.29 is 14.6 Å². The lowest BCUT2D eigenvalue weighted by Crippen LogP contribution is -2.39. The molecule has 0 fully saturated rings. The second kappa shape index (κ2) is 3.81. The van der Waals surface area contributed by atoms with Gasteiger partial charge in [0.15, 0.2) is 0 Å². The number of hydrogen-bond acceptors (Lipinski definition) is 2. The van der Waals surface area contributed by atoms with E-state index in [4.69, 9.17) is 4.74 Å². The minimum Gasteiger partial charge on any atom is -0.493 e. The number of para-hydroxylation sites is 1. The third-order valence-corrected chi connectivity index (χ3v) is 3.45. The summed E-state index contributed by atoms with van der Waals surface area (Å²) < 4.78 is 5.61. The van der Waals surface area contributed by atoms with E-state index in [1.54, 1.807) is 13.8 Å². The Kier molecular flexibility index (Phi) is 2.62. The molecule has 0 saturated carbocycles. The molecule has 0 bridgehead atoms. The maximum absolute atomic E-state index is 11.2. The molecular weight excluding hydrogens is 204 g/mol. The van der Waals surface area contributed by atoms with Gasteiger partial charge in [0.2, 0.25) is 0 Å². The normalized spacial score (nSPS) is 19.8. The van der Waals surface area contributed by atoms with Gasteiger partial charge in [-0.25, -0.2) is 0 Å². The number of benzene rings is 1. The molecule has 1 unspecified atom stereocenters. The number of rotatable bonds is 2. The first-order chi connectivity index (χ1) is 7.51. The molecule has 1 N–H and O–H groups in total. The molecule has 2 rings (SSSR count). The smallest absolute Gasteiger partial charge is 0.309 e. The first-order valence-electron chi connectivity index (χ1n) is 5.46. The standard InChI is InChI=1S/C13H16O3/c1-13(2,12(14)15)10-7-9-5-3-4-6-11(9)16-8-10/h3-6,10H,7-8H2,1-2H3,(H,14,15). The van der Waals surface area contributed by atoms with Crippen LogP contribution in [0.1, 0.15) is 19.4 Å². The summed E-state index contributed by atoms with van der Waals surface area (Å²) in [5.74, 6) is 0.153. The SMILES string of the molecule is CC(C)(C(=O)O)C1COc2ccccc2C1. The maximum atomic E-state index is 11.2. The lowest BCUT2D eigenvalue weighted by molar-refractivity contribution is -0.151. The summed E-state index contributed by atoms with van der Waals surface area (Å²) in [6, 6.07) is 7.82. The molecule has 3 nitrogen and oxygen atoms in total. The van der Waals surface area contributed by atoms with Crippen LogP contribution in [0.5, 0.6) is 5.75 Å². The molecule has 16 heavy (non-hydrogen) atoms. The number of fused-ring (bicyclic) bond motifs is 1. The van der Waals surface area contributed by atoms with Crippen LogP contribution in [0.3, 0.4) is 0 Å². The van der Waals surface area contributed by atoms with E-state index in [0.29, 0.717) is 6.61 Å². The van der Waals surface area contributed by atoms with Crippen molar-refractivity contribution in [1.82, 2.24) is 0 Å². The summed E-state index contributed by atoms with van der Waals surface area (Å²) in [6.07, 6.45) is 0.773. The number of aliphatic carboxylic acids is 1. The van der Waals surface area contributed by atoms with Crippen LogP contribution in [-0.4, -0.2) is 17.7 Å². The van der Waals surface area contributed by atoms with E-state index in [9.17, 15) is 9.90 Å². The lowest BCUT2D eigenvalue weighted by Gasteiger charge is -2.34. The van der Waals surface area contributed by atoms with Crippen LogP contribution in [0.2, 0.25) is 0 Å². The van der Waals surface area contributed by atoms with Crippen molar-refractivity contribution in [3.63, 3.8) is 0 Å². The summed E-state index contributed by atoms with van der Waals surface area (Å²) in [7, 11) is 0. The van der Waals surface area contributed by atoms with E-state index in [0.717, 1.165) is 17.7 Å². The second-order valence-electron chi connectivity index (χ2n) is 4.85. The van der Waals surface area contributed by atoms with E-state index >= 15 is 0 Å². The number of ether oxygens (including phenoxy) is 1. The average molecular weight is 220 g/mol. The highest BCUT2D eigenvalue weighted by atomic mass is 16.5. The van der Waals surface area contributed by atoms with Crippen LogP contribution in [0.25, 0.3) is 0 Å². The molecule has 3 heteroatoms. The van der Waals surface area contributed by atoms with Crippen molar-refractivity contribution in [3.8, 4) is 5.75 Å². The molecule has 1 atom stereocenters. The number of carbonyl (C=O) groups is 1. The molecule has 1 aliphatic heterocycles. The van der Waals surface area contributed by atoms with Gasteiger partial charge in [-0.15, -0.1) is 0 Å². The molecule has 0 radical (unpaired) electrons. The Balaban J connectivity index is 2.23. The maximum Gasteiger partial charge on any atom is 0.309 e. The minimum absolute atomic E-state index is 0.0277. The van der Waals surface area contributed by atoms with Crippen LogP contribution in [0, 0.1) is 11.3 Å². The highest BCUT2D eigenvalue weighted by molar-refractivity contribution is 5.74. The molecule has 0 amide bonds. The highest BCUT2D eigenvalue weighted by Gasteiger charge is 2.39. The van der Waals surface area contributed by atoms with E-state index in [1.807, 2.05) is 24.3 Å². The van der Waals surface area contributed by atoms with Gasteiger partial charge < -0.3 is 9.84 Å². The van der Waals surface area contributed by atoms with Gasteiger partial charge in [-0.3, -0.25) is 4.79 Å². The Morgan fingerprint density at radius 3 is 2.81 bits per heavy atom. The van der Waals surface area contributed by atoms with Gasteiger partial charge in [0, 0.05) is 5.92 Å². The van der Waals surface area contributed by atoms with Crippen LogP contribution in [-0.2, 0) is 11.2 Å². The Labute approximate surface area is 95.0 Å². The van der Waals surface area contributed by atoms with Gasteiger partial charge in [-0.2, -0.15) is 0 Å². The number of carboxylic acid groups (broad SMARTS) is 1. The van der Waals surface area contributed by atoms with Gasteiger partial charge in [-0.1, -0.05) is 18.2 Å². The van der Waals surface area contributed by atoms with Gasteiger partial charge in [0.25, 0.3) is 0 Å². The van der Waals surface area contributed by atoms with E-state index < -0.39 is 11.4 Å². The van der Waals surface area contributed by atoms with Crippen LogP contribution in [0.4, 0.5) is 0 Å². The number of carboxylic acids is 1. The molecule has 0 aliphatic carbocycles. The number of hydrogen-bond donors (Lipinski definition) is 1. The predicted molar refractivity (Wildman–Crippen MR) is 60.5 cm³/mol. The van der Waals surface area contributed by atoms with Gasteiger partial charge in [0.1, 0.15) is 5.75 Å². The molecule has 0 spiro atoms. The quantitative estimate of drug-likeness (QED) is 0.832. The fourth-order valence-electron chi connectivity index (χ4n) is 1.97. The predicted octanol–water partition coefficient (Wildman–Crippen LogP) is 2.35. The summed E-state index contributed by atoms with van der Waals surface area (Å²) in [5, 5.41) is 9.19. The second-order valence-corrected chi connectivity index (χ2v) is 4.85. The third-order valence-electron chi connectivity index (χ3n) is 3.45. The molecule has 0 aromatic heterocycles. The van der Waals surface area contributed by atoms with Gasteiger partial charge in [0.05, 0.1) is 12.0 Å². The Morgan fingerprint density at radius 2 is 2.12 bits per heavy atom. The first-order valence-corrected chi connectivity index (χ1v) is 5.46. The van der Waals surface area contributed by atoms with Crippen molar-refractivity contribution in [2.24, 2.45) is 11.3 Å². The van der Waals surface area contributed by atoms with Crippen molar-refractivity contribution in [2.45, 2.75) is 20.3 Å². The molecule has 1 heterocycles. The minimum atomic E-state index is -0.763. The highest BCUT2D eigenvalue weighted by Crippen LogP contribution is 2.36.